The summed E-state index contributed by atoms with van der Waals surface area (Å²) in [6, 6.07) is 7.33. The van der Waals surface area contributed by atoms with Crippen molar-refractivity contribution >= 4 is 11.7 Å². The van der Waals surface area contributed by atoms with E-state index in [9.17, 15) is 4.79 Å². The number of hydrogen-bond donors (Lipinski definition) is 2. The SMILES string of the molecule is COCCNc1cc(C(=O)NCCc2ccc(OC)c(OC)c2)nc(C)n1. The van der Waals surface area contributed by atoms with Gasteiger partial charge in [-0.15, -0.1) is 0 Å². The van der Waals surface area contributed by atoms with E-state index in [1.807, 2.05) is 18.2 Å². The molecule has 8 heteroatoms. The van der Waals surface area contributed by atoms with Crippen LogP contribution in [0.15, 0.2) is 24.3 Å². The number of rotatable bonds is 10. The average Bonchev–Trinajstić information content (AvgIpc) is 2.67. The maximum Gasteiger partial charge on any atom is 0.270 e. The van der Waals surface area contributed by atoms with Crippen molar-refractivity contribution in [2.45, 2.75) is 13.3 Å². The van der Waals surface area contributed by atoms with Crippen molar-refractivity contribution < 1.29 is 19.0 Å². The van der Waals surface area contributed by atoms with Crippen LogP contribution in [0.2, 0.25) is 0 Å². The molecule has 0 aliphatic rings. The maximum atomic E-state index is 12.4. The molecule has 1 aromatic heterocycles. The molecule has 0 spiro atoms. The number of nitrogens with zero attached hydrogens (tertiary/aromatic N) is 2. The van der Waals surface area contributed by atoms with Gasteiger partial charge < -0.3 is 24.8 Å². The minimum Gasteiger partial charge on any atom is -0.493 e. The van der Waals surface area contributed by atoms with Gasteiger partial charge in [0, 0.05) is 26.3 Å². The van der Waals surface area contributed by atoms with Gasteiger partial charge >= 0.3 is 0 Å². The lowest BCUT2D eigenvalue weighted by molar-refractivity contribution is 0.0949. The summed E-state index contributed by atoms with van der Waals surface area (Å²) in [4.78, 5) is 20.9. The van der Waals surface area contributed by atoms with Gasteiger partial charge in [-0.2, -0.15) is 0 Å². The molecule has 1 aromatic carbocycles. The largest absolute Gasteiger partial charge is 0.493 e. The molecule has 0 fully saturated rings. The molecule has 8 nitrogen and oxygen atoms in total. The Balaban J connectivity index is 1.93. The van der Waals surface area contributed by atoms with Crippen LogP contribution in [0.1, 0.15) is 21.9 Å². The molecule has 1 amide bonds. The van der Waals surface area contributed by atoms with Crippen molar-refractivity contribution in [1.29, 1.82) is 0 Å². The number of aromatic nitrogens is 2. The van der Waals surface area contributed by atoms with E-state index in [1.165, 1.54) is 0 Å². The number of benzene rings is 1. The normalized spacial score (nSPS) is 10.4. The number of ether oxygens (including phenoxy) is 3. The highest BCUT2D eigenvalue weighted by atomic mass is 16.5. The summed E-state index contributed by atoms with van der Waals surface area (Å²) in [6.07, 6.45) is 0.662. The van der Waals surface area contributed by atoms with Crippen LogP contribution in [0.3, 0.4) is 0 Å². The van der Waals surface area contributed by atoms with E-state index in [-0.39, 0.29) is 5.91 Å². The fourth-order valence-corrected chi connectivity index (χ4v) is 2.50. The van der Waals surface area contributed by atoms with E-state index >= 15 is 0 Å². The first-order valence-corrected chi connectivity index (χ1v) is 8.65. The molecule has 146 valence electrons. The van der Waals surface area contributed by atoms with Crippen LogP contribution >= 0.6 is 0 Å². The molecule has 2 rings (SSSR count). The summed E-state index contributed by atoms with van der Waals surface area (Å²) in [5, 5.41) is 5.99. The molecular weight excluding hydrogens is 348 g/mol. The van der Waals surface area contributed by atoms with Gasteiger partial charge in [0.15, 0.2) is 11.5 Å². The fourth-order valence-electron chi connectivity index (χ4n) is 2.50. The molecular formula is C19H26N4O4. The van der Waals surface area contributed by atoms with Crippen molar-refractivity contribution in [3.05, 3.63) is 41.3 Å². The van der Waals surface area contributed by atoms with Crippen molar-refractivity contribution in [1.82, 2.24) is 15.3 Å². The summed E-state index contributed by atoms with van der Waals surface area (Å²) >= 11 is 0. The van der Waals surface area contributed by atoms with Crippen LogP contribution < -0.4 is 20.1 Å². The quantitative estimate of drug-likeness (QED) is 0.613. The number of aryl methyl sites for hydroxylation is 1. The topological polar surface area (TPSA) is 94.6 Å². The van der Waals surface area contributed by atoms with E-state index < -0.39 is 0 Å². The third-order valence-electron chi connectivity index (χ3n) is 3.83. The van der Waals surface area contributed by atoms with Crippen LogP contribution in [0.5, 0.6) is 11.5 Å². The minimum absolute atomic E-state index is 0.240. The number of methoxy groups -OCH3 is 3. The van der Waals surface area contributed by atoms with Crippen LogP contribution in [0, 0.1) is 6.92 Å². The predicted molar refractivity (Wildman–Crippen MR) is 103 cm³/mol. The first-order valence-electron chi connectivity index (χ1n) is 8.65. The van der Waals surface area contributed by atoms with E-state index in [1.54, 1.807) is 34.3 Å². The van der Waals surface area contributed by atoms with Gasteiger partial charge in [0.05, 0.1) is 20.8 Å². The number of anilines is 1. The number of nitrogens with one attached hydrogen (secondary N) is 2. The van der Waals surface area contributed by atoms with Gasteiger partial charge in [-0.05, 0) is 31.0 Å². The molecule has 0 radical (unpaired) electrons. The lowest BCUT2D eigenvalue weighted by Crippen LogP contribution is -2.27. The number of carbonyl (C=O) groups is 1. The molecule has 0 saturated carbocycles. The van der Waals surface area contributed by atoms with Crippen LogP contribution in [-0.2, 0) is 11.2 Å². The van der Waals surface area contributed by atoms with Crippen molar-refractivity contribution in [2.75, 3.05) is 46.3 Å². The Morgan fingerprint density at radius 1 is 1.04 bits per heavy atom. The Labute approximate surface area is 159 Å². The zero-order valence-corrected chi connectivity index (χ0v) is 16.2. The van der Waals surface area contributed by atoms with Crippen LogP contribution in [-0.4, -0.2) is 56.9 Å². The van der Waals surface area contributed by atoms with Crippen molar-refractivity contribution in [3.8, 4) is 11.5 Å². The summed E-state index contributed by atoms with van der Waals surface area (Å²) in [5.41, 5.74) is 1.36. The maximum absolute atomic E-state index is 12.4. The smallest absolute Gasteiger partial charge is 0.270 e. The average molecular weight is 374 g/mol. The second-order valence-electron chi connectivity index (χ2n) is 5.80. The highest BCUT2D eigenvalue weighted by Gasteiger charge is 2.11. The van der Waals surface area contributed by atoms with E-state index in [2.05, 4.69) is 20.6 Å². The number of hydrogen-bond acceptors (Lipinski definition) is 7. The minimum atomic E-state index is -0.240. The lowest BCUT2D eigenvalue weighted by atomic mass is 10.1. The highest BCUT2D eigenvalue weighted by molar-refractivity contribution is 5.92. The third kappa shape index (κ3) is 6.10. The summed E-state index contributed by atoms with van der Waals surface area (Å²) in [7, 11) is 4.82. The van der Waals surface area contributed by atoms with Gasteiger partial charge in [0.25, 0.3) is 5.91 Å². The Bertz CT molecular complexity index is 767. The van der Waals surface area contributed by atoms with Gasteiger partial charge in [0.2, 0.25) is 0 Å². The van der Waals surface area contributed by atoms with Crippen molar-refractivity contribution in [2.24, 2.45) is 0 Å². The molecule has 0 saturated heterocycles. The molecule has 0 aliphatic heterocycles. The standard InChI is InChI=1S/C19H26N4O4/c1-13-22-15(12-18(23-13)20-9-10-25-2)19(24)21-8-7-14-5-6-16(26-3)17(11-14)27-4/h5-6,11-12H,7-10H2,1-4H3,(H,21,24)(H,20,22,23). The zero-order valence-electron chi connectivity index (χ0n) is 16.2. The van der Waals surface area contributed by atoms with E-state index in [0.717, 1.165) is 5.56 Å². The summed E-state index contributed by atoms with van der Waals surface area (Å²) in [5.74, 6) is 2.23. The first kappa shape index (κ1) is 20.4. The second kappa shape index (κ2) is 10.3. The van der Waals surface area contributed by atoms with Gasteiger partial charge in [-0.1, -0.05) is 6.07 Å². The zero-order chi connectivity index (χ0) is 19.6. The summed E-state index contributed by atoms with van der Waals surface area (Å²) in [6.45, 7) is 3.38. The molecule has 0 unspecified atom stereocenters. The molecule has 2 aromatic rings. The Morgan fingerprint density at radius 2 is 1.81 bits per heavy atom. The second-order valence-corrected chi connectivity index (χ2v) is 5.80. The Kier molecular flexibility index (Phi) is 7.81. The number of carbonyl (C=O) groups excluding carboxylic acids is 1. The van der Waals surface area contributed by atoms with Crippen LogP contribution in [0.25, 0.3) is 0 Å². The molecule has 2 N–H and O–H groups in total. The number of amides is 1. The summed E-state index contributed by atoms with van der Waals surface area (Å²) < 4.78 is 15.5. The van der Waals surface area contributed by atoms with Crippen LogP contribution in [0.4, 0.5) is 5.82 Å². The Hall–Kier alpha value is -2.87. The van der Waals surface area contributed by atoms with Gasteiger partial charge in [-0.3, -0.25) is 4.79 Å². The fraction of sp³-hybridized carbons (Fsp3) is 0.421. The predicted octanol–water partition coefficient (Wildman–Crippen LogP) is 1.83. The van der Waals surface area contributed by atoms with E-state index in [4.69, 9.17) is 14.2 Å². The Morgan fingerprint density at radius 3 is 2.52 bits per heavy atom. The monoisotopic (exact) mass is 374 g/mol. The molecule has 0 bridgehead atoms. The highest BCUT2D eigenvalue weighted by Crippen LogP contribution is 2.27. The van der Waals surface area contributed by atoms with Gasteiger partial charge in [-0.25, -0.2) is 9.97 Å². The molecule has 0 atom stereocenters. The van der Waals surface area contributed by atoms with Gasteiger partial charge in [0.1, 0.15) is 17.3 Å². The molecule has 0 aliphatic carbocycles. The lowest BCUT2D eigenvalue weighted by Gasteiger charge is -2.11. The third-order valence-corrected chi connectivity index (χ3v) is 3.83. The first-order chi connectivity index (χ1) is 13.1. The van der Waals surface area contributed by atoms with E-state index in [0.29, 0.717) is 55.0 Å². The van der Waals surface area contributed by atoms with Crippen molar-refractivity contribution in [3.63, 3.8) is 0 Å². The molecule has 1 heterocycles. The molecule has 27 heavy (non-hydrogen) atoms.